The number of rotatable bonds is 1. The molecular formula is C14H16N2. The van der Waals surface area contributed by atoms with Crippen molar-refractivity contribution in [1.82, 2.24) is 4.98 Å². The molecule has 0 bridgehead atoms. The maximum atomic E-state index is 4.78. The number of aromatic nitrogens is 1. The Hall–Kier alpha value is -1.57. The number of hydrogen-bond donors (Lipinski definition) is 0. The molecule has 2 heteroatoms. The summed E-state index contributed by atoms with van der Waals surface area (Å²) in [5, 5.41) is 1.24. The first-order valence-corrected chi connectivity index (χ1v) is 5.96. The molecule has 82 valence electrons. The number of benzene rings is 1. The lowest BCUT2D eigenvalue weighted by atomic mass is 10.1. The van der Waals surface area contributed by atoms with Crippen LogP contribution in [0.4, 0.5) is 5.82 Å². The molecule has 1 saturated heterocycles. The molecule has 3 rings (SSSR count). The van der Waals surface area contributed by atoms with E-state index in [1.807, 2.05) is 0 Å². The lowest BCUT2D eigenvalue weighted by molar-refractivity contribution is 0.935. The molecule has 1 aromatic heterocycles. The van der Waals surface area contributed by atoms with Gasteiger partial charge in [-0.3, -0.25) is 0 Å². The average molecular weight is 212 g/mol. The van der Waals surface area contributed by atoms with Crippen molar-refractivity contribution in [3.05, 3.63) is 35.9 Å². The van der Waals surface area contributed by atoms with E-state index < -0.39 is 0 Å². The third kappa shape index (κ3) is 1.54. The molecule has 0 atom stereocenters. The molecule has 0 unspecified atom stereocenters. The Labute approximate surface area is 95.9 Å². The Morgan fingerprint density at radius 2 is 1.88 bits per heavy atom. The van der Waals surface area contributed by atoms with E-state index in [0.29, 0.717) is 0 Å². The number of anilines is 1. The fourth-order valence-corrected chi connectivity index (χ4v) is 2.46. The SMILES string of the molecule is Cc1cc2ccccc2nc1N1CCCC1. The van der Waals surface area contributed by atoms with Crippen molar-refractivity contribution >= 4 is 16.7 Å². The quantitative estimate of drug-likeness (QED) is 0.722. The van der Waals surface area contributed by atoms with Crippen LogP contribution in [0.2, 0.25) is 0 Å². The van der Waals surface area contributed by atoms with Crippen molar-refractivity contribution < 1.29 is 0 Å². The number of fused-ring (bicyclic) bond motifs is 1. The molecule has 0 amide bonds. The van der Waals surface area contributed by atoms with Crippen LogP contribution in [0.3, 0.4) is 0 Å². The second-order valence-corrected chi connectivity index (χ2v) is 4.52. The molecule has 1 aliphatic heterocycles. The number of pyridine rings is 1. The Balaban J connectivity index is 2.13. The minimum Gasteiger partial charge on any atom is -0.356 e. The Morgan fingerprint density at radius 1 is 1.12 bits per heavy atom. The Morgan fingerprint density at radius 3 is 2.69 bits per heavy atom. The smallest absolute Gasteiger partial charge is 0.132 e. The largest absolute Gasteiger partial charge is 0.356 e. The van der Waals surface area contributed by atoms with Gasteiger partial charge in [0.2, 0.25) is 0 Å². The monoisotopic (exact) mass is 212 g/mol. The number of para-hydroxylation sites is 1. The minimum absolute atomic E-state index is 1.11. The van der Waals surface area contributed by atoms with Crippen LogP contribution in [0.15, 0.2) is 30.3 Å². The molecule has 0 aliphatic carbocycles. The van der Waals surface area contributed by atoms with E-state index in [0.717, 1.165) is 18.6 Å². The van der Waals surface area contributed by atoms with Gasteiger partial charge >= 0.3 is 0 Å². The number of hydrogen-bond acceptors (Lipinski definition) is 2. The summed E-state index contributed by atoms with van der Waals surface area (Å²) in [4.78, 5) is 7.19. The van der Waals surface area contributed by atoms with Gasteiger partial charge in [-0.1, -0.05) is 18.2 Å². The summed E-state index contributed by atoms with van der Waals surface area (Å²) in [5.41, 5.74) is 2.40. The Kier molecular flexibility index (Phi) is 2.28. The van der Waals surface area contributed by atoms with Crippen molar-refractivity contribution in [3.63, 3.8) is 0 Å². The zero-order valence-corrected chi connectivity index (χ0v) is 9.61. The highest BCUT2D eigenvalue weighted by Gasteiger charge is 2.15. The highest BCUT2D eigenvalue weighted by Crippen LogP contribution is 2.25. The van der Waals surface area contributed by atoms with Gasteiger partial charge in [0.15, 0.2) is 0 Å². The third-order valence-corrected chi connectivity index (χ3v) is 3.29. The van der Waals surface area contributed by atoms with Gasteiger partial charge in [-0.25, -0.2) is 4.98 Å². The summed E-state index contributed by atoms with van der Waals surface area (Å²) in [5.74, 6) is 1.18. The fourth-order valence-electron chi connectivity index (χ4n) is 2.46. The molecule has 2 heterocycles. The van der Waals surface area contributed by atoms with Gasteiger partial charge in [-0.2, -0.15) is 0 Å². The summed E-state index contributed by atoms with van der Waals surface area (Å²) in [6.45, 7) is 4.48. The lowest BCUT2D eigenvalue weighted by Gasteiger charge is -2.19. The van der Waals surface area contributed by atoms with Crippen LogP contribution >= 0.6 is 0 Å². The summed E-state index contributed by atoms with van der Waals surface area (Å²) in [6.07, 6.45) is 2.60. The van der Waals surface area contributed by atoms with Gasteiger partial charge in [0.1, 0.15) is 5.82 Å². The van der Waals surface area contributed by atoms with E-state index in [4.69, 9.17) is 4.98 Å². The summed E-state index contributed by atoms with van der Waals surface area (Å²) in [7, 11) is 0. The molecule has 0 saturated carbocycles. The second-order valence-electron chi connectivity index (χ2n) is 4.52. The lowest BCUT2D eigenvalue weighted by Crippen LogP contribution is -2.20. The van der Waals surface area contributed by atoms with Crippen LogP contribution in [-0.4, -0.2) is 18.1 Å². The fraction of sp³-hybridized carbons (Fsp3) is 0.357. The standard InChI is InChI=1S/C14H16N2/c1-11-10-12-6-2-3-7-13(12)15-14(11)16-8-4-5-9-16/h2-3,6-7,10H,4-5,8-9H2,1H3. The van der Waals surface area contributed by atoms with E-state index >= 15 is 0 Å². The van der Waals surface area contributed by atoms with Gasteiger partial charge < -0.3 is 4.90 Å². The van der Waals surface area contributed by atoms with Gasteiger partial charge in [0.05, 0.1) is 5.52 Å². The van der Waals surface area contributed by atoms with Crippen molar-refractivity contribution in [1.29, 1.82) is 0 Å². The molecule has 16 heavy (non-hydrogen) atoms. The zero-order valence-electron chi connectivity index (χ0n) is 9.61. The molecule has 2 aromatic rings. The first-order chi connectivity index (χ1) is 7.84. The topological polar surface area (TPSA) is 16.1 Å². The highest BCUT2D eigenvalue weighted by molar-refractivity contribution is 5.81. The third-order valence-electron chi connectivity index (χ3n) is 3.29. The van der Waals surface area contributed by atoms with Crippen molar-refractivity contribution in [2.45, 2.75) is 19.8 Å². The molecule has 1 fully saturated rings. The van der Waals surface area contributed by atoms with Gasteiger partial charge in [-0.05, 0) is 37.5 Å². The van der Waals surface area contributed by atoms with Crippen LogP contribution in [0, 0.1) is 6.92 Å². The highest BCUT2D eigenvalue weighted by atomic mass is 15.2. The maximum absolute atomic E-state index is 4.78. The van der Waals surface area contributed by atoms with E-state index in [9.17, 15) is 0 Å². The van der Waals surface area contributed by atoms with Gasteiger partial charge in [-0.15, -0.1) is 0 Å². The molecule has 2 nitrogen and oxygen atoms in total. The zero-order chi connectivity index (χ0) is 11.0. The summed E-state index contributed by atoms with van der Waals surface area (Å²) >= 11 is 0. The van der Waals surface area contributed by atoms with E-state index in [2.05, 4.69) is 42.2 Å². The van der Waals surface area contributed by atoms with Gasteiger partial charge in [0, 0.05) is 18.5 Å². The van der Waals surface area contributed by atoms with E-state index in [-0.39, 0.29) is 0 Å². The normalized spacial score (nSPS) is 15.9. The Bertz CT molecular complexity index is 513. The summed E-state index contributed by atoms with van der Waals surface area (Å²) < 4.78 is 0. The van der Waals surface area contributed by atoms with Crippen molar-refractivity contribution in [2.24, 2.45) is 0 Å². The van der Waals surface area contributed by atoms with E-state index in [1.165, 1.54) is 29.6 Å². The molecule has 0 radical (unpaired) electrons. The molecule has 0 N–H and O–H groups in total. The predicted molar refractivity (Wildman–Crippen MR) is 67.9 cm³/mol. The van der Waals surface area contributed by atoms with Crippen LogP contribution in [0.5, 0.6) is 0 Å². The van der Waals surface area contributed by atoms with Crippen LogP contribution in [0.1, 0.15) is 18.4 Å². The molecule has 1 aliphatic rings. The molecule has 0 spiro atoms. The van der Waals surface area contributed by atoms with Crippen LogP contribution in [0.25, 0.3) is 10.9 Å². The van der Waals surface area contributed by atoms with Crippen molar-refractivity contribution in [3.8, 4) is 0 Å². The van der Waals surface area contributed by atoms with Gasteiger partial charge in [0.25, 0.3) is 0 Å². The molecular weight excluding hydrogens is 196 g/mol. The number of aryl methyl sites for hydroxylation is 1. The van der Waals surface area contributed by atoms with Crippen LogP contribution in [-0.2, 0) is 0 Å². The number of nitrogens with zero attached hydrogens (tertiary/aromatic N) is 2. The first-order valence-electron chi connectivity index (χ1n) is 5.96. The van der Waals surface area contributed by atoms with Crippen LogP contribution < -0.4 is 4.90 Å². The average Bonchev–Trinajstić information content (AvgIpc) is 2.81. The maximum Gasteiger partial charge on any atom is 0.132 e. The molecule has 1 aromatic carbocycles. The second kappa shape index (κ2) is 3.78. The predicted octanol–water partition coefficient (Wildman–Crippen LogP) is 3.14. The summed E-state index contributed by atoms with van der Waals surface area (Å²) in [6, 6.07) is 10.6. The van der Waals surface area contributed by atoms with E-state index in [1.54, 1.807) is 0 Å². The van der Waals surface area contributed by atoms with Crippen molar-refractivity contribution in [2.75, 3.05) is 18.0 Å². The first kappa shape index (κ1) is 9.64. The minimum atomic E-state index is 1.11.